The van der Waals surface area contributed by atoms with Crippen molar-refractivity contribution >= 4 is 22.6 Å². The number of carbonyl (C=O) groups excluding carboxylic acids is 2. The Balaban J connectivity index is 1.51. The van der Waals surface area contributed by atoms with Crippen molar-refractivity contribution in [3.05, 3.63) is 72.3 Å². The summed E-state index contributed by atoms with van der Waals surface area (Å²) in [6, 6.07) is 20.8. The molecule has 6 heteroatoms. The molecular formula is C29H34N2O4. The van der Waals surface area contributed by atoms with Crippen molar-refractivity contribution in [1.82, 2.24) is 10.2 Å². The maximum Gasteiger partial charge on any atom is 0.261 e. The Labute approximate surface area is 207 Å². The average Bonchev–Trinajstić information content (AvgIpc) is 2.90. The fourth-order valence-electron chi connectivity index (χ4n) is 4.66. The number of hydrogen-bond donors (Lipinski definition) is 1. The second-order valence-corrected chi connectivity index (χ2v) is 9.16. The molecule has 0 heterocycles. The summed E-state index contributed by atoms with van der Waals surface area (Å²) >= 11 is 0. The molecule has 3 aromatic rings. The Morgan fingerprint density at radius 2 is 1.74 bits per heavy atom. The topological polar surface area (TPSA) is 67.9 Å². The number of rotatable bonds is 9. The number of carbonyl (C=O) groups is 2. The van der Waals surface area contributed by atoms with Crippen LogP contribution in [0.3, 0.4) is 0 Å². The van der Waals surface area contributed by atoms with Crippen molar-refractivity contribution in [3.8, 4) is 11.5 Å². The van der Waals surface area contributed by atoms with Gasteiger partial charge in [-0.25, -0.2) is 0 Å². The first-order valence-corrected chi connectivity index (χ1v) is 12.4. The molecule has 1 aliphatic rings. The number of methoxy groups -OCH3 is 1. The van der Waals surface area contributed by atoms with Crippen molar-refractivity contribution in [2.75, 3.05) is 13.7 Å². The van der Waals surface area contributed by atoms with E-state index in [1.165, 1.54) is 6.42 Å². The van der Waals surface area contributed by atoms with Crippen LogP contribution in [0.4, 0.5) is 0 Å². The predicted octanol–water partition coefficient (Wildman–Crippen LogP) is 5.09. The van der Waals surface area contributed by atoms with Crippen LogP contribution in [0.2, 0.25) is 0 Å². The lowest BCUT2D eigenvalue weighted by molar-refractivity contribution is -0.142. The highest BCUT2D eigenvalue weighted by Gasteiger charge is 2.28. The predicted molar refractivity (Wildman–Crippen MR) is 137 cm³/mol. The van der Waals surface area contributed by atoms with Crippen LogP contribution in [0.15, 0.2) is 66.7 Å². The molecule has 4 rings (SSSR count). The van der Waals surface area contributed by atoms with Gasteiger partial charge in [-0.15, -0.1) is 0 Å². The van der Waals surface area contributed by atoms with E-state index >= 15 is 0 Å². The molecule has 0 bridgehead atoms. The summed E-state index contributed by atoms with van der Waals surface area (Å²) in [4.78, 5) is 28.2. The van der Waals surface area contributed by atoms with E-state index in [4.69, 9.17) is 9.47 Å². The molecule has 1 N–H and O–H groups in total. The van der Waals surface area contributed by atoms with Gasteiger partial charge in [-0.3, -0.25) is 9.59 Å². The van der Waals surface area contributed by atoms with E-state index < -0.39 is 6.04 Å². The minimum atomic E-state index is -0.633. The molecule has 184 valence electrons. The summed E-state index contributed by atoms with van der Waals surface area (Å²) in [6.45, 7) is 1.92. The first kappa shape index (κ1) is 24.6. The first-order chi connectivity index (χ1) is 17.0. The van der Waals surface area contributed by atoms with Gasteiger partial charge in [0, 0.05) is 18.0 Å². The molecule has 1 saturated carbocycles. The fourth-order valence-corrected chi connectivity index (χ4v) is 4.66. The molecule has 0 unspecified atom stereocenters. The standard InChI is InChI=1S/C29H34N2O4/c1-21(29(33)30-24-13-4-3-5-14-24)31(19-22-10-8-15-25(18-22)34-2)28(32)20-35-27-17-9-12-23-11-6-7-16-26(23)27/h6-12,15-18,21,24H,3-5,13-14,19-20H2,1-2H3,(H,30,33)/t21-/m0/s1. The zero-order valence-electron chi connectivity index (χ0n) is 20.5. The molecule has 1 fully saturated rings. The summed E-state index contributed by atoms with van der Waals surface area (Å²) in [6.07, 6.45) is 5.46. The largest absolute Gasteiger partial charge is 0.497 e. The maximum atomic E-state index is 13.4. The SMILES string of the molecule is COc1cccc(CN(C(=O)COc2cccc3ccccc23)[C@@H](C)C(=O)NC2CCCCC2)c1. The first-order valence-electron chi connectivity index (χ1n) is 12.4. The van der Waals surface area contributed by atoms with Crippen molar-refractivity contribution < 1.29 is 19.1 Å². The number of hydrogen-bond acceptors (Lipinski definition) is 4. The number of ether oxygens (including phenoxy) is 2. The van der Waals surface area contributed by atoms with Gasteiger partial charge in [0.2, 0.25) is 5.91 Å². The van der Waals surface area contributed by atoms with Crippen LogP contribution in [-0.4, -0.2) is 42.5 Å². The molecule has 2 amide bonds. The highest BCUT2D eigenvalue weighted by molar-refractivity contribution is 5.90. The van der Waals surface area contributed by atoms with Crippen molar-refractivity contribution in [3.63, 3.8) is 0 Å². The van der Waals surface area contributed by atoms with Crippen LogP contribution in [0.1, 0.15) is 44.6 Å². The zero-order valence-corrected chi connectivity index (χ0v) is 20.5. The Bertz CT molecular complexity index is 1150. The Hall–Kier alpha value is -3.54. The van der Waals surface area contributed by atoms with Gasteiger partial charge >= 0.3 is 0 Å². The number of amides is 2. The lowest BCUT2D eigenvalue weighted by Gasteiger charge is -2.31. The van der Waals surface area contributed by atoms with Crippen LogP contribution in [-0.2, 0) is 16.1 Å². The highest BCUT2D eigenvalue weighted by atomic mass is 16.5. The highest BCUT2D eigenvalue weighted by Crippen LogP contribution is 2.25. The average molecular weight is 475 g/mol. The number of nitrogens with one attached hydrogen (secondary N) is 1. The molecule has 0 radical (unpaired) electrons. The summed E-state index contributed by atoms with van der Waals surface area (Å²) in [5.74, 6) is 0.990. The van der Waals surface area contributed by atoms with Crippen LogP contribution in [0.25, 0.3) is 10.8 Å². The van der Waals surface area contributed by atoms with Crippen LogP contribution in [0, 0.1) is 0 Å². The maximum absolute atomic E-state index is 13.4. The minimum Gasteiger partial charge on any atom is -0.497 e. The van der Waals surface area contributed by atoms with Gasteiger partial charge < -0.3 is 19.7 Å². The van der Waals surface area contributed by atoms with Gasteiger partial charge in [0.1, 0.15) is 17.5 Å². The molecule has 1 atom stereocenters. The van der Waals surface area contributed by atoms with Gasteiger partial charge in [-0.2, -0.15) is 0 Å². The monoisotopic (exact) mass is 474 g/mol. The van der Waals surface area contributed by atoms with Gasteiger partial charge in [0.05, 0.1) is 7.11 Å². The third-order valence-corrected chi connectivity index (χ3v) is 6.71. The minimum absolute atomic E-state index is 0.127. The second-order valence-electron chi connectivity index (χ2n) is 9.16. The molecule has 0 saturated heterocycles. The Morgan fingerprint density at radius 1 is 1.00 bits per heavy atom. The third kappa shape index (κ3) is 6.32. The Kier molecular flexibility index (Phi) is 8.24. The molecule has 0 aliphatic heterocycles. The third-order valence-electron chi connectivity index (χ3n) is 6.71. The van der Waals surface area contributed by atoms with E-state index in [0.29, 0.717) is 11.5 Å². The van der Waals surface area contributed by atoms with Gasteiger partial charge in [0.15, 0.2) is 6.61 Å². The molecular weight excluding hydrogens is 440 g/mol. The summed E-state index contributed by atoms with van der Waals surface area (Å²) < 4.78 is 11.3. The second kappa shape index (κ2) is 11.7. The van der Waals surface area contributed by atoms with E-state index in [9.17, 15) is 9.59 Å². The number of nitrogens with zero attached hydrogens (tertiary/aromatic N) is 1. The van der Waals surface area contributed by atoms with Gasteiger partial charge in [-0.1, -0.05) is 67.8 Å². The van der Waals surface area contributed by atoms with Crippen molar-refractivity contribution in [2.24, 2.45) is 0 Å². The van der Waals surface area contributed by atoms with E-state index in [0.717, 1.165) is 42.0 Å². The van der Waals surface area contributed by atoms with Crippen LogP contribution < -0.4 is 14.8 Å². The zero-order chi connectivity index (χ0) is 24.6. The molecule has 35 heavy (non-hydrogen) atoms. The van der Waals surface area contributed by atoms with Crippen LogP contribution in [0.5, 0.6) is 11.5 Å². The lowest BCUT2D eigenvalue weighted by atomic mass is 9.95. The summed E-state index contributed by atoms with van der Waals surface area (Å²) in [7, 11) is 1.61. The molecule has 0 aromatic heterocycles. The van der Waals surface area contributed by atoms with Crippen molar-refractivity contribution in [2.45, 2.75) is 57.7 Å². The lowest BCUT2D eigenvalue weighted by Crippen LogP contribution is -2.51. The Morgan fingerprint density at radius 3 is 2.54 bits per heavy atom. The molecule has 3 aromatic carbocycles. The van der Waals surface area contributed by atoms with E-state index in [-0.39, 0.29) is 31.0 Å². The van der Waals surface area contributed by atoms with E-state index in [1.807, 2.05) is 66.7 Å². The molecule has 1 aliphatic carbocycles. The van der Waals surface area contributed by atoms with E-state index in [2.05, 4.69) is 5.32 Å². The summed E-state index contributed by atoms with van der Waals surface area (Å²) in [5, 5.41) is 5.16. The fraction of sp³-hybridized carbons (Fsp3) is 0.379. The summed E-state index contributed by atoms with van der Waals surface area (Å²) in [5.41, 5.74) is 0.889. The van der Waals surface area contributed by atoms with Crippen LogP contribution >= 0.6 is 0 Å². The normalized spacial score (nSPS) is 14.8. The van der Waals surface area contributed by atoms with Crippen molar-refractivity contribution in [1.29, 1.82) is 0 Å². The van der Waals surface area contributed by atoms with E-state index in [1.54, 1.807) is 18.9 Å². The number of fused-ring (bicyclic) bond motifs is 1. The van der Waals surface area contributed by atoms with Gasteiger partial charge in [-0.05, 0) is 48.9 Å². The molecule has 6 nitrogen and oxygen atoms in total. The molecule has 0 spiro atoms. The quantitative estimate of drug-likeness (QED) is 0.469. The van der Waals surface area contributed by atoms with Gasteiger partial charge in [0.25, 0.3) is 5.91 Å². The smallest absolute Gasteiger partial charge is 0.261 e. The number of benzene rings is 3.